The average molecular weight is 662 g/mol. The zero-order valence-corrected chi connectivity index (χ0v) is 23.3. The first-order valence-corrected chi connectivity index (χ1v) is 13.4. The summed E-state index contributed by atoms with van der Waals surface area (Å²) >= 11 is 5.85. The van der Waals surface area contributed by atoms with Gasteiger partial charge in [-0.2, -0.15) is 5.10 Å². The smallest absolute Gasteiger partial charge is 0.272 e. The Bertz CT molecular complexity index is 1590. The molecule has 0 bridgehead atoms. The van der Waals surface area contributed by atoms with Gasteiger partial charge in [0.15, 0.2) is 0 Å². The van der Waals surface area contributed by atoms with Crippen molar-refractivity contribution in [2.45, 2.75) is 6.61 Å². The second-order valence-corrected chi connectivity index (χ2v) is 10.3. The summed E-state index contributed by atoms with van der Waals surface area (Å²) in [5.41, 5.74) is 7.52. The van der Waals surface area contributed by atoms with Crippen LogP contribution in [0.1, 0.15) is 21.5 Å². The maximum absolute atomic E-state index is 13.1. The van der Waals surface area contributed by atoms with Gasteiger partial charge in [-0.3, -0.25) is 4.79 Å². The predicted molar refractivity (Wildman–Crippen MR) is 160 cm³/mol. The summed E-state index contributed by atoms with van der Waals surface area (Å²) in [4.78, 5) is 17.8. The molecule has 1 amide bonds. The Morgan fingerprint density at radius 2 is 1.70 bits per heavy atom. The van der Waals surface area contributed by atoms with Gasteiger partial charge in [0.2, 0.25) is 0 Å². The quantitative estimate of drug-likeness (QED) is 0.111. The topological polar surface area (TPSA) is 63.6 Å². The normalized spacial score (nSPS) is 11.1. The van der Waals surface area contributed by atoms with Crippen molar-refractivity contribution in [2.75, 3.05) is 0 Å². The number of carbonyl (C=O) groups excluding carboxylic acids is 1. The first kappa shape index (κ1) is 25.1. The van der Waals surface area contributed by atoms with E-state index >= 15 is 0 Å². The third-order valence-electron chi connectivity index (χ3n) is 5.67. The van der Waals surface area contributed by atoms with Gasteiger partial charge in [0.05, 0.1) is 27.5 Å². The first-order valence-electron chi connectivity index (χ1n) is 11.5. The van der Waals surface area contributed by atoms with Gasteiger partial charge in [0.1, 0.15) is 12.4 Å². The van der Waals surface area contributed by atoms with E-state index in [2.05, 4.69) is 61.2 Å². The number of pyridine rings is 1. The molecule has 0 aliphatic heterocycles. The molecule has 0 unspecified atom stereocenters. The lowest BCUT2D eigenvalue weighted by atomic mass is 10.0. The minimum Gasteiger partial charge on any atom is -0.488 e. The lowest BCUT2D eigenvalue weighted by molar-refractivity contribution is 0.0956. The molecule has 0 aliphatic rings. The largest absolute Gasteiger partial charge is 0.488 e. The molecule has 5 rings (SSSR count). The molecule has 0 spiro atoms. The summed E-state index contributed by atoms with van der Waals surface area (Å²) in [6, 6.07) is 33.1. The van der Waals surface area contributed by atoms with Crippen LogP contribution in [0, 0.1) is 3.57 Å². The fraction of sp³-hybridized carbons (Fsp3) is 0.0333. The van der Waals surface area contributed by atoms with E-state index < -0.39 is 0 Å². The maximum Gasteiger partial charge on any atom is 0.272 e. The molecule has 7 heteroatoms. The molecule has 5 nitrogen and oxygen atoms in total. The highest BCUT2D eigenvalue weighted by Crippen LogP contribution is 2.27. The molecule has 1 N–H and O–H groups in total. The number of hydrogen-bond acceptors (Lipinski definition) is 4. The van der Waals surface area contributed by atoms with E-state index in [9.17, 15) is 4.79 Å². The van der Waals surface area contributed by atoms with E-state index in [0.29, 0.717) is 12.2 Å². The Morgan fingerprint density at radius 3 is 2.49 bits per heavy atom. The molecule has 0 fully saturated rings. The van der Waals surface area contributed by atoms with Gasteiger partial charge in [0.25, 0.3) is 5.91 Å². The van der Waals surface area contributed by atoms with Gasteiger partial charge in [0, 0.05) is 14.5 Å². The third-order valence-corrected chi connectivity index (χ3v) is 7.01. The molecular weight excluding hydrogens is 641 g/mol. The van der Waals surface area contributed by atoms with Crippen LogP contribution < -0.4 is 10.2 Å². The fourth-order valence-electron chi connectivity index (χ4n) is 3.80. The second-order valence-electron chi connectivity index (χ2n) is 8.24. The van der Waals surface area contributed by atoms with Crippen LogP contribution >= 0.6 is 38.5 Å². The van der Waals surface area contributed by atoms with Crippen molar-refractivity contribution in [1.82, 2.24) is 10.4 Å². The van der Waals surface area contributed by atoms with Crippen LogP contribution in [0.5, 0.6) is 5.75 Å². The van der Waals surface area contributed by atoms with Gasteiger partial charge < -0.3 is 4.74 Å². The van der Waals surface area contributed by atoms with E-state index in [-0.39, 0.29) is 5.91 Å². The van der Waals surface area contributed by atoms with Gasteiger partial charge in [-0.1, -0.05) is 60.7 Å². The molecule has 1 heterocycles. The van der Waals surface area contributed by atoms with Crippen molar-refractivity contribution in [3.63, 3.8) is 0 Å². The average Bonchev–Trinajstić information content (AvgIpc) is 2.93. The number of amides is 1. The summed E-state index contributed by atoms with van der Waals surface area (Å²) in [7, 11) is 0. The second kappa shape index (κ2) is 11.7. The van der Waals surface area contributed by atoms with E-state index in [4.69, 9.17) is 9.72 Å². The van der Waals surface area contributed by atoms with Crippen LogP contribution in [0.25, 0.3) is 22.2 Å². The Labute approximate surface area is 236 Å². The van der Waals surface area contributed by atoms with Gasteiger partial charge >= 0.3 is 0 Å². The fourth-order valence-corrected chi connectivity index (χ4v) is 4.67. The molecule has 0 saturated heterocycles. The van der Waals surface area contributed by atoms with Crippen molar-refractivity contribution in [2.24, 2.45) is 5.10 Å². The van der Waals surface area contributed by atoms with Crippen LogP contribution in [0.2, 0.25) is 0 Å². The highest BCUT2D eigenvalue weighted by Gasteiger charge is 2.13. The number of para-hydroxylation sites is 1. The van der Waals surface area contributed by atoms with Gasteiger partial charge in [-0.25, -0.2) is 10.4 Å². The third kappa shape index (κ3) is 6.23. The lowest BCUT2D eigenvalue weighted by Gasteiger charge is -2.09. The molecule has 182 valence electrons. The number of hydrazone groups is 1. The summed E-state index contributed by atoms with van der Waals surface area (Å²) in [6.07, 6.45) is 1.60. The molecule has 0 aliphatic carbocycles. The van der Waals surface area contributed by atoms with Crippen molar-refractivity contribution in [3.05, 3.63) is 128 Å². The standard InChI is InChI=1S/C30H21BrIN3O2/c31-26-16-21(12-15-29(26)37-19-20-10-13-23(32)14-11-20)18-33-35-30(36)25-17-28(22-6-2-1-3-7-22)34-27-9-5-4-8-24(25)27/h1-18H,19H2,(H,35,36)/b33-18+. The summed E-state index contributed by atoms with van der Waals surface area (Å²) < 4.78 is 7.93. The van der Waals surface area contributed by atoms with E-state index in [1.165, 1.54) is 3.57 Å². The minimum absolute atomic E-state index is 0.302. The molecule has 0 atom stereocenters. The Kier molecular flexibility index (Phi) is 7.91. The highest BCUT2D eigenvalue weighted by atomic mass is 127. The van der Waals surface area contributed by atoms with Crippen LogP contribution in [0.4, 0.5) is 0 Å². The van der Waals surface area contributed by atoms with Crippen molar-refractivity contribution < 1.29 is 9.53 Å². The van der Waals surface area contributed by atoms with Crippen LogP contribution in [0.3, 0.4) is 0 Å². The van der Waals surface area contributed by atoms with Gasteiger partial charge in [-0.15, -0.1) is 0 Å². The predicted octanol–water partition coefficient (Wildman–Crippen LogP) is 7.61. The lowest BCUT2D eigenvalue weighted by Crippen LogP contribution is -2.18. The molecule has 0 saturated carbocycles. The number of fused-ring (bicyclic) bond motifs is 1. The van der Waals surface area contributed by atoms with Crippen LogP contribution in [-0.2, 0) is 6.61 Å². The molecule has 5 aromatic rings. The Balaban J connectivity index is 1.29. The number of aromatic nitrogens is 1. The monoisotopic (exact) mass is 661 g/mol. The minimum atomic E-state index is -0.302. The summed E-state index contributed by atoms with van der Waals surface area (Å²) in [5, 5.41) is 4.96. The van der Waals surface area contributed by atoms with Crippen molar-refractivity contribution >= 4 is 61.5 Å². The number of carbonyl (C=O) groups is 1. The van der Waals surface area contributed by atoms with Crippen LogP contribution in [-0.4, -0.2) is 17.1 Å². The maximum atomic E-state index is 13.1. The number of ether oxygens (including phenoxy) is 1. The Hall–Kier alpha value is -3.56. The SMILES string of the molecule is O=C(N/N=C/c1ccc(OCc2ccc(I)cc2)c(Br)c1)c1cc(-c2ccccc2)nc2ccccc12. The number of nitrogens with one attached hydrogen (secondary N) is 1. The van der Waals surface area contributed by atoms with Crippen molar-refractivity contribution in [3.8, 4) is 17.0 Å². The van der Waals surface area contributed by atoms with E-state index in [0.717, 1.165) is 43.5 Å². The van der Waals surface area contributed by atoms with E-state index in [1.54, 1.807) is 12.3 Å². The molecule has 0 radical (unpaired) electrons. The number of rotatable bonds is 7. The molecule has 4 aromatic carbocycles. The Morgan fingerprint density at radius 1 is 0.946 bits per heavy atom. The molecule has 37 heavy (non-hydrogen) atoms. The van der Waals surface area contributed by atoms with E-state index in [1.807, 2.05) is 84.9 Å². The van der Waals surface area contributed by atoms with Gasteiger partial charge in [-0.05, 0) is 92.1 Å². The zero-order chi connectivity index (χ0) is 25.6. The molecule has 1 aromatic heterocycles. The number of halogens is 2. The molecular formula is C30H21BrIN3O2. The highest BCUT2D eigenvalue weighted by molar-refractivity contribution is 14.1. The first-order chi connectivity index (χ1) is 18.1. The summed E-state index contributed by atoms with van der Waals surface area (Å²) in [6.45, 7) is 0.476. The summed E-state index contributed by atoms with van der Waals surface area (Å²) in [5.74, 6) is 0.431. The van der Waals surface area contributed by atoms with Crippen LogP contribution in [0.15, 0.2) is 113 Å². The number of hydrogen-bond donors (Lipinski definition) is 1. The number of nitrogens with zero attached hydrogens (tertiary/aromatic N) is 2. The number of benzene rings is 4. The van der Waals surface area contributed by atoms with Crippen molar-refractivity contribution in [1.29, 1.82) is 0 Å². The zero-order valence-electron chi connectivity index (χ0n) is 19.6.